The zero-order valence-electron chi connectivity index (χ0n) is 13.7. The number of carbonyl (C=O) groups is 3. The Morgan fingerprint density at radius 1 is 1.21 bits per heavy atom. The minimum atomic E-state index is -0.903. The first-order chi connectivity index (χ1) is 11.5. The molecule has 1 aliphatic heterocycles. The fourth-order valence-corrected chi connectivity index (χ4v) is 3.99. The molecule has 1 aliphatic carbocycles. The van der Waals surface area contributed by atoms with Gasteiger partial charge in [-0.3, -0.25) is 9.59 Å². The van der Waals surface area contributed by atoms with E-state index in [2.05, 4.69) is 5.32 Å². The Labute approximate surface area is 140 Å². The summed E-state index contributed by atoms with van der Waals surface area (Å²) in [6.45, 7) is 2.40. The van der Waals surface area contributed by atoms with Crippen molar-refractivity contribution in [3.63, 3.8) is 0 Å². The third-order valence-electron chi connectivity index (χ3n) is 5.15. The molecule has 3 rings (SSSR count). The van der Waals surface area contributed by atoms with Crippen LogP contribution in [0.2, 0.25) is 0 Å². The number of carboxylic acids is 1. The van der Waals surface area contributed by atoms with Gasteiger partial charge in [0.2, 0.25) is 5.91 Å². The number of fused-ring (bicyclic) bond motifs is 1. The lowest BCUT2D eigenvalue weighted by atomic mass is 9.94. The minimum absolute atomic E-state index is 0.0884. The zero-order chi connectivity index (χ0) is 17.3. The van der Waals surface area contributed by atoms with Crippen LogP contribution >= 0.6 is 0 Å². The van der Waals surface area contributed by atoms with Gasteiger partial charge in [-0.05, 0) is 42.4 Å². The molecule has 2 amide bonds. The molecule has 2 aliphatic rings. The summed E-state index contributed by atoms with van der Waals surface area (Å²) in [5.41, 5.74) is 1.39. The number of likely N-dealkylation sites (tertiary alicyclic amines) is 1. The number of nitrogens with zero attached hydrogens (tertiary/aromatic N) is 1. The number of rotatable bonds is 4. The summed E-state index contributed by atoms with van der Waals surface area (Å²) in [5, 5.41) is 12.3. The van der Waals surface area contributed by atoms with E-state index in [1.807, 2.05) is 0 Å². The summed E-state index contributed by atoms with van der Waals surface area (Å²) in [7, 11) is 0. The first-order valence-electron chi connectivity index (χ1n) is 8.34. The van der Waals surface area contributed by atoms with E-state index in [0.717, 1.165) is 24.8 Å². The van der Waals surface area contributed by atoms with Crippen LogP contribution in [0, 0.1) is 11.8 Å². The predicted octanol–water partition coefficient (Wildman–Crippen LogP) is 1.65. The van der Waals surface area contributed by atoms with Gasteiger partial charge in [-0.1, -0.05) is 18.6 Å². The summed E-state index contributed by atoms with van der Waals surface area (Å²) in [5.74, 6) is -0.828. The van der Waals surface area contributed by atoms with Crippen molar-refractivity contribution in [2.45, 2.75) is 38.8 Å². The van der Waals surface area contributed by atoms with Crippen LogP contribution in [-0.4, -0.2) is 40.4 Å². The maximum atomic E-state index is 12.8. The Bertz CT molecular complexity index is 655. The summed E-state index contributed by atoms with van der Waals surface area (Å²) >= 11 is 0. The van der Waals surface area contributed by atoms with Crippen LogP contribution in [0.25, 0.3) is 0 Å². The number of amides is 2. The van der Waals surface area contributed by atoms with Gasteiger partial charge < -0.3 is 15.3 Å². The van der Waals surface area contributed by atoms with Crippen molar-refractivity contribution in [2.75, 3.05) is 6.54 Å². The maximum absolute atomic E-state index is 12.8. The van der Waals surface area contributed by atoms with E-state index in [0.29, 0.717) is 24.6 Å². The maximum Gasteiger partial charge on any atom is 0.326 e. The van der Waals surface area contributed by atoms with Gasteiger partial charge in [-0.15, -0.1) is 0 Å². The van der Waals surface area contributed by atoms with E-state index in [-0.39, 0.29) is 17.7 Å². The van der Waals surface area contributed by atoms with Crippen molar-refractivity contribution >= 4 is 17.8 Å². The zero-order valence-corrected chi connectivity index (χ0v) is 13.7. The Balaban J connectivity index is 1.73. The van der Waals surface area contributed by atoms with Crippen LogP contribution in [0.15, 0.2) is 24.3 Å². The number of hydrogen-bond acceptors (Lipinski definition) is 3. The van der Waals surface area contributed by atoms with Gasteiger partial charge in [-0.25, -0.2) is 4.79 Å². The number of aliphatic carboxylic acids is 1. The van der Waals surface area contributed by atoms with E-state index in [9.17, 15) is 19.5 Å². The number of hydrogen-bond donors (Lipinski definition) is 2. The molecule has 3 atom stereocenters. The Kier molecular flexibility index (Phi) is 4.55. The van der Waals surface area contributed by atoms with Crippen molar-refractivity contribution in [1.82, 2.24) is 10.2 Å². The molecule has 128 valence electrons. The third-order valence-corrected chi connectivity index (χ3v) is 5.15. The lowest BCUT2D eigenvalue weighted by molar-refractivity contribution is -0.142. The summed E-state index contributed by atoms with van der Waals surface area (Å²) in [6.07, 6.45) is 2.95. The number of carbonyl (C=O) groups excluding carboxylic acids is 2. The first kappa shape index (κ1) is 16.5. The third kappa shape index (κ3) is 3.13. The molecule has 2 N–H and O–H groups in total. The second kappa shape index (κ2) is 6.63. The largest absolute Gasteiger partial charge is 0.480 e. The first-order valence-corrected chi connectivity index (χ1v) is 8.34. The SMILES string of the molecule is CC(=O)NCc1ccc(C(=O)N2CC3CCCC3C2C(=O)O)cc1. The smallest absolute Gasteiger partial charge is 0.326 e. The van der Waals surface area contributed by atoms with Crippen LogP contribution in [0.1, 0.15) is 42.1 Å². The van der Waals surface area contributed by atoms with E-state index >= 15 is 0 Å². The Morgan fingerprint density at radius 2 is 1.92 bits per heavy atom. The molecule has 3 unspecified atom stereocenters. The number of nitrogens with one attached hydrogen (secondary N) is 1. The topological polar surface area (TPSA) is 86.7 Å². The molecule has 6 heteroatoms. The van der Waals surface area contributed by atoms with Crippen molar-refractivity contribution in [3.05, 3.63) is 35.4 Å². The molecule has 6 nitrogen and oxygen atoms in total. The molecular weight excluding hydrogens is 308 g/mol. The summed E-state index contributed by atoms with van der Waals surface area (Å²) in [4.78, 5) is 36.9. The van der Waals surface area contributed by atoms with Crippen molar-refractivity contribution in [3.8, 4) is 0 Å². The molecule has 0 bridgehead atoms. The molecule has 2 fully saturated rings. The molecule has 1 heterocycles. The van der Waals surface area contributed by atoms with Gasteiger partial charge in [-0.2, -0.15) is 0 Å². The average molecular weight is 330 g/mol. The van der Waals surface area contributed by atoms with Crippen LogP contribution in [0.5, 0.6) is 0 Å². The average Bonchev–Trinajstić information content (AvgIpc) is 3.12. The lowest BCUT2D eigenvalue weighted by Gasteiger charge is -2.24. The van der Waals surface area contributed by atoms with Crippen molar-refractivity contribution < 1.29 is 19.5 Å². The second-order valence-corrected chi connectivity index (χ2v) is 6.70. The normalized spacial score (nSPS) is 25.4. The fourth-order valence-electron chi connectivity index (χ4n) is 3.99. The number of carboxylic acid groups (broad SMARTS) is 1. The van der Waals surface area contributed by atoms with Crippen molar-refractivity contribution in [2.24, 2.45) is 11.8 Å². The van der Waals surface area contributed by atoms with Gasteiger partial charge in [0.25, 0.3) is 5.91 Å². The summed E-state index contributed by atoms with van der Waals surface area (Å²) in [6, 6.07) is 6.27. The molecule has 1 saturated heterocycles. The molecule has 24 heavy (non-hydrogen) atoms. The van der Waals surface area contributed by atoms with E-state index < -0.39 is 12.0 Å². The van der Waals surface area contributed by atoms with E-state index in [1.54, 1.807) is 24.3 Å². The molecule has 0 radical (unpaired) electrons. The van der Waals surface area contributed by atoms with Gasteiger partial charge in [0.15, 0.2) is 0 Å². The Morgan fingerprint density at radius 3 is 2.54 bits per heavy atom. The molecule has 1 aromatic carbocycles. The Hall–Kier alpha value is -2.37. The highest BCUT2D eigenvalue weighted by atomic mass is 16.4. The highest BCUT2D eigenvalue weighted by molar-refractivity contribution is 5.97. The van der Waals surface area contributed by atoms with Crippen LogP contribution < -0.4 is 5.32 Å². The van der Waals surface area contributed by atoms with Crippen LogP contribution in [0.4, 0.5) is 0 Å². The quantitative estimate of drug-likeness (QED) is 0.879. The van der Waals surface area contributed by atoms with Gasteiger partial charge in [0.1, 0.15) is 6.04 Å². The van der Waals surface area contributed by atoms with Crippen LogP contribution in [-0.2, 0) is 16.1 Å². The highest BCUT2D eigenvalue weighted by Crippen LogP contribution is 2.42. The fraction of sp³-hybridized carbons (Fsp3) is 0.500. The standard InChI is InChI=1S/C18H22N2O4/c1-11(21)19-9-12-5-7-13(8-6-12)17(22)20-10-14-3-2-4-15(14)16(20)18(23)24/h5-8,14-16H,2-4,9-10H2,1H3,(H,19,21)(H,23,24). The highest BCUT2D eigenvalue weighted by Gasteiger charge is 2.49. The van der Waals surface area contributed by atoms with Gasteiger partial charge in [0, 0.05) is 25.6 Å². The molecule has 0 spiro atoms. The van der Waals surface area contributed by atoms with E-state index in [4.69, 9.17) is 0 Å². The predicted molar refractivity (Wildman–Crippen MR) is 87.3 cm³/mol. The lowest BCUT2D eigenvalue weighted by Crippen LogP contribution is -2.43. The van der Waals surface area contributed by atoms with Crippen LogP contribution in [0.3, 0.4) is 0 Å². The van der Waals surface area contributed by atoms with Crippen molar-refractivity contribution in [1.29, 1.82) is 0 Å². The van der Waals surface area contributed by atoms with E-state index in [1.165, 1.54) is 11.8 Å². The molecule has 0 aromatic heterocycles. The number of benzene rings is 1. The molecule has 1 aromatic rings. The monoisotopic (exact) mass is 330 g/mol. The minimum Gasteiger partial charge on any atom is -0.480 e. The molecular formula is C18H22N2O4. The van der Waals surface area contributed by atoms with Gasteiger partial charge >= 0.3 is 5.97 Å². The summed E-state index contributed by atoms with van der Waals surface area (Å²) < 4.78 is 0. The second-order valence-electron chi connectivity index (χ2n) is 6.70. The molecule has 1 saturated carbocycles. The van der Waals surface area contributed by atoms with Gasteiger partial charge in [0.05, 0.1) is 0 Å².